The summed E-state index contributed by atoms with van der Waals surface area (Å²) in [6.45, 7) is 0.528. The zero-order valence-corrected chi connectivity index (χ0v) is 18.5. The lowest BCUT2D eigenvalue weighted by atomic mass is 10.2. The number of carbonyl (C=O) groups excluding carboxylic acids is 1. The van der Waals surface area contributed by atoms with E-state index in [4.69, 9.17) is 11.6 Å². The van der Waals surface area contributed by atoms with Crippen LogP contribution in [-0.4, -0.2) is 26.6 Å². The highest BCUT2D eigenvalue weighted by Gasteiger charge is 2.15. The molecule has 0 bridgehead atoms. The van der Waals surface area contributed by atoms with E-state index in [1.54, 1.807) is 53.5 Å². The van der Waals surface area contributed by atoms with Crippen molar-refractivity contribution < 1.29 is 13.2 Å². The highest BCUT2D eigenvalue weighted by molar-refractivity contribution is 7.98. The van der Waals surface area contributed by atoms with Crippen LogP contribution in [0, 0.1) is 0 Å². The predicted octanol–water partition coefficient (Wildman–Crippen LogP) is 4.87. The molecule has 0 aliphatic rings. The van der Waals surface area contributed by atoms with E-state index in [2.05, 4.69) is 10.0 Å². The minimum absolute atomic E-state index is 0.198. The second kappa shape index (κ2) is 10.2. The zero-order chi connectivity index (χ0) is 20.7. The lowest BCUT2D eigenvalue weighted by Gasteiger charge is -2.08. The zero-order valence-electron chi connectivity index (χ0n) is 15.3. The second-order valence-corrected chi connectivity index (χ2v) is 10.4. The van der Waals surface area contributed by atoms with Gasteiger partial charge in [-0.3, -0.25) is 9.52 Å². The van der Waals surface area contributed by atoms with Crippen molar-refractivity contribution in [1.82, 2.24) is 5.32 Å². The molecule has 0 saturated carbocycles. The Kier molecular flexibility index (Phi) is 7.60. The van der Waals surface area contributed by atoms with Crippen LogP contribution in [0.4, 0.5) is 5.69 Å². The number of halogens is 1. The van der Waals surface area contributed by atoms with Crippen LogP contribution in [-0.2, 0) is 15.8 Å². The van der Waals surface area contributed by atoms with Crippen LogP contribution >= 0.6 is 34.7 Å². The molecular formula is C20H19ClN2O3S3. The Bertz CT molecular complexity index is 1050. The molecule has 1 amide bonds. The molecule has 9 heteroatoms. The Morgan fingerprint density at radius 2 is 1.79 bits per heavy atom. The maximum absolute atomic E-state index is 12.2. The van der Waals surface area contributed by atoms with Crippen LogP contribution in [0.5, 0.6) is 0 Å². The SMILES string of the molecule is O=C(NCCSCc1ccccc1Cl)c1ccc(NS(=O)(=O)c2cccs2)cc1. The lowest BCUT2D eigenvalue weighted by molar-refractivity contribution is 0.0956. The van der Waals surface area contributed by atoms with Crippen LogP contribution < -0.4 is 10.0 Å². The van der Waals surface area contributed by atoms with Crippen molar-refractivity contribution in [1.29, 1.82) is 0 Å². The third-order valence-corrected chi connectivity index (χ3v) is 8.06. The Labute approximate surface area is 183 Å². The standard InChI is InChI=1S/C20H19ClN2O3S3/c21-18-5-2-1-4-16(18)14-27-13-11-22-20(24)15-7-9-17(10-8-15)23-29(25,26)19-6-3-12-28-19/h1-10,12,23H,11,13-14H2,(H,22,24). The molecule has 0 radical (unpaired) electrons. The van der Waals surface area contributed by atoms with Gasteiger partial charge in [0.2, 0.25) is 0 Å². The van der Waals surface area contributed by atoms with Crippen molar-refractivity contribution in [2.45, 2.75) is 9.96 Å². The molecule has 2 N–H and O–H groups in total. The van der Waals surface area contributed by atoms with Crippen molar-refractivity contribution in [3.05, 3.63) is 82.2 Å². The molecule has 152 valence electrons. The minimum Gasteiger partial charge on any atom is -0.351 e. The Morgan fingerprint density at radius 3 is 2.48 bits per heavy atom. The van der Waals surface area contributed by atoms with E-state index in [-0.39, 0.29) is 10.1 Å². The van der Waals surface area contributed by atoms with Crippen LogP contribution in [0.15, 0.2) is 70.3 Å². The molecule has 0 aliphatic carbocycles. The monoisotopic (exact) mass is 466 g/mol. The summed E-state index contributed by atoms with van der Waals surface area (Å²) in [7, 11) is -3.59. The maximum Gasteiger partial charge on any atom is 0.271 e. The third-order valence-electron chi connectivity index (χ3n) is 3.91. The van der Waals surface area contributed by atoms with E-state index in [1.807, 2.05) is 24.3 Å². The van der Waals surface area contributed by atoms with Gasteiger partial charge < -0.3 is 5.32 Å². The fourth-order valence-corrected chi connectivity index (χ4v) is 5.64. The van der Waals surface area contributed by atoms with Crippen molar-refractivity contribution in [2.75, 3.05) is 17.0 Å². The first-order valence-electron chi connectivity index (χ1n) is 8.71. The summed E-state index contributed by atoms with van der Waals surface area (Å²) in [5, 5.41) is 5.31. The van der Waals surface area contributed by atoms with E-state index < -0.39 is 10.0 Å². The Morgan fingerprint density at radius 1 is 1.03 bits per heavy atom. The van der Waals surface area contributed by atoms with Crippen LogP contribution in [0.25, 0.3) is 0 Å². The van der Waals surface area contributed by atoms with Crippen LogP contribution in [0.1, 0.15) is 15.9 Å². The second-order valence-electron chi connectivity index (χ2n) is 6.01. The number of rotatable bonds is 9. The first-order valence-corrected chi connectivity index (χ1v) is 12.6. The molecule has 1 heterocycles. The van der Waals surface area contributed by atoms with Gasteiger partial charge in [-0.25, -0.2) is 8.42 Å². The molecule has 0 fully saturated rings. The van der Waals surface area contributed by atoms with Gasteiger partial charge in [0.25, 0.3) is 15.9 Å². The van der Waals surface area contributed by atoms with Gasteiger partial charge in [0.1, 0.15) is 4.21 Å². The van der Waals surface area contributed by atoms with Crippen LogP contribution in [0.3, 0.4) is 0 Å². The summed E-state index contributed by atoms with van der Waals surface area (Å²) in [4.78, 5) is 12.2. The number of carbonyl (C=O) groups is 1. The van der Waals surface area contributed by atoms with E-state index >= 15 is 0 Å². The number of hydrogen-bond donors (Lipinski definition) is 2. The molecule has 0 saturated heterocycles. The molecule has 3 rings (SSSR count). The lowest BCUT2D eigenvalue weighted by Crippen LogP contribution is -2.25. The average molecular weight is 467 g/mol. The number of thiophene rings is 1. The molecule has 29 heavy (non-hydrogen) atoms. The number of anilines is 1. The van der Waals surface area contributed by atoms with E-state index in [0.717, 1.165) is 33.4 Å². The normalized spacial score (nSPS) is 11.2. The molecule has 0 atom stereocenters. The van der Waals surface area contributed by atoms with Gasteiger partial charge in [-0.05, 0) is 47.3 Å². The van der Waals surface area contributed by atoms with Gasteiger partial charge in [0.15, 0.2) is 0 Å². The maximum atomic E-state index is 12.2. The average Bonchev–Trinajstić information content (AvgIpc) is 3.25. The molecule has 0 aliphatic heterocycles. The molecule has 2 aromatic carbocycles. The highest BCUT2D eigenvalue weighted by Crippen LogP contribution is 2.21. The molecule has 5 nitrogen and oxygen atoms in total. The van der Waals surface area contributed by atoms with E-state index in [1.165, 1.54) is 0 Å². The highest BCUT2D eigenvalue weighted by atomic mass is 35.5. The van der Waals surface area contributed by atoms with Gasteiger partial charge in [-0.15, -0.1) is 11.3 Å². The summed E-state index contributed by atoms with van der Waals surface area (Å²) >= 11 is 8.96. The first kappa shape index (κ1) is 21.7. The Hall–Kier alpha value is -2.00. The largest absolute Gasteiger partial charge is 0.351 e. The van der Waals surface area contributed by atoms with Crippen molar-refractivity contribution in [3.8, 4) is 0 Å². The minimum atomic E-state index is -3.59. The molecule has 0 unspecified atom stereocenters. The number of sulfonamides is 1. The fraction of sp³-hybridized carbons (Fsp3) is 0.150. The fourth-order valence-electron chi connectivity index (χ4n) is 2.45. The smallest absolute Gasteiger partial charge is 0.271 e. The summed E-state index contributed by atoms with van der Waals surface area (Å²) in [6, 6.07) is 17.3. The number of benzene rings is 2. The number of hydrogen-bond acceptors (Lipinski definition) is 5. The van der Waals surface area contributed by atoms with Gasteiger partial charge in [0, 0.05) is 34.3 Å². The van der Waals surface area contributed by atoms with Gasteiger partial charge in [0.05, 0.1) is 0 Å². The third kappa shape index (κ3) is 6.24. The van der Waals surface area contributed by atoms with Gasteiger partial charge in [-0.1, -0.05) is 35.9 Å². The summed E-state index contributed by atoms with van der Waals surface area (Å²) < 4.78 is 27.2. The quantitative estimate of drug-likeness (QED) is 0.441. The number of thioether (sulfide) groups is 1. The summed E-state index contributed by atoms with van der Waals surface area (Å²) in [5.41, 5.74) is 1.96. The molecule has 3 aromatic rings. The van der Waals surface area contributed by atoms with Gasteiger partial charge in [-0.2, -0.15) is 11.8 Å². The number of nitrogens with one attached hydrogen (secondary N) is 2. The predicted molar refractivity (Wildman–Crippen MR) is 122 cm³/mol. The molecular weight excluding hydrogens is 448 g/mol. The topological polar surface area (TPSA) is 75.3 Å². The molecule has 0 spiro atoms. The van der Waals surface area contributed by atoms with Crippen molar-refractivity contribution in [2.24, 2.45) is 0 Å². The Balaban J connectivity index is 1.45. The van der Waals surface area contributed by atoms with E-state index in [0.29, 0.717) is 17.8 Å². The van der Waals surface area contributed by atoms with Crippen molar-refractivity contribution >= 4 is 56.3 Å². The van der Waals surface area contributed by atoms with Crippen molar-refractivity contribution in [3.63, 3.8) is 0 Å². The van der Waals surface area contributed by atoms with Crippen LogP contribution in [0.2, 0.25) is 5.02 Å². The number of amides is 1. The summed E-state index contributed by atoms with van der Waals surface area (Å²) in [5.74, 6) is 1.35. The van der Waals surface area contributed by atoms with E-state index in [9.17, 15) is 13.2 Å². The molecule has 1 aromatic heterocycles. The summed E-state index contributed by atoms with van der Waals surface area (Å²) in [6.07, 6.45) is 0. The first-order chi connectivity index (χ1) is 14.0. The van der Waals surface area contributed by atoms with Gasteiger partial charge >= 0.3 is 0 Å².